The summed E-state index contributed by atoms with van der Waals surface area (Å²) in [7, 11) is 5.23. The fraction of sp³-hybridized carbons (Fsp3) is 0.833. The van der Waals surface area contributed by atoms with Crippen molar-refractivity contribution in [1.82, 2.24) is 20.0 Å². The first-order valence-corrected chi connectivity index (χ1v) is 20.1. The number of amides is 1. The van der Waals surface area contributed by atoms with Crippen LogP contribution in [-0.4, -0.2) is 136 Å². The number of aromatic nitrogens is 2. The van der Waals surface area contributed by atoms with Crippen molar-refractivity contribution in [3.63, 3.8) is 0 Å². The quantitative estimate of drug-likeness (QED) is 0.155. The number of fused-ring (bicyclic) bond motifs is 1. The average molecular weight is 771 g/mol. The summed E-state index contributed by atoms with van der Waals surface area (Å²) in [5.41, 5.74) is -0.979. The van der Waals surface area contributed by atoms with Crippen LogP contribution in [0.15, 0.2) is 9.85 Å². The number of ketones is 2. The number of carbonyl (C=O) groups is 4. The lowest BCUT2D eigenvalue weighted by molar-refractivity contribution is -0.295. The van der Waals surface area contributed by atoms with Crippen LogP contribution in [-0.2, 0) is 38.1 Å². The second-order valence-corrected chi connectivity index (χ2v) is 17.5. The van der Waals surface area contributed by atoms with Crippen molar-refractivity contribution < 1.29 is 48.0 Å². The van der Waals surface area contributed by atoms with Gasteiger partial charge in [-0.1, -0.05) is 50.8 Å². The minimum Gasteiger partial charge on any atom is -0.458 e. The second-order valence-electron chi connectivity index (χ2n) is 15.3. The van der Waals surface area contributed by atoms with Gasteiger partial charge in [-0.3, -0.25) is 14.4 Å². The molecule has 4 rings (SSSR count). The summed E-state index contributed by atoms with van der Waals surface area (Å²) in [6.45, 7) is 14.2. The molecule has 4 heterocycles. The average Bonchev–Trinajstić information content (AvgIpc) is 3.71. The van der Waals surface area contributed by atoms with E-state index < -0.39 is 83.4 Å². The summed E-state index contributed by atoms with van der Waals surface area (Å²) in [6, 6.07) is -1.05. The van der Waals surface area contributed by atoms with Gasteiger partial charge in [0.2, 0.25) is 0 Å². The van der Waals surface area contributed by atoms with Crippen molar-refractivity contribution in [1.29, 1.82) is 0 Å². The maximum atomic E-state index is 14.6. The molecule has 0 aromatic carbocycles. The zero-order valence-electron chi connectivity index (χ0n) is 32.4. The Hall–Kier alpha value is -2.21. The Labute approximate surface area is 316 Å². The van der Waals surface area contributed by atoms with Gasteiger partial charge in [-0.05, 0) is 67.5 Å². The zero-order chi connectivity index (χ0) is 38.7. The van der Waals surface area contributed by atoms with Crippen LogP contribution in [0.5, 0.6) is 0 Å². The Balaban J connectivity index is 1.72. The first-order valence-electron chi connectivity index (χ1n) is 18.3. The molecule has 3 aliphatic heterocycles. The molecule has 1 amide bonds. The lowest BCUT2D eigenvalue weighted by Gasteiger charge is -2.47. The van der Waals surface area contributed by atoms with Crippen molar-refractivity contribution >= 4 is 46.7 Å². The van der Waals surface area contributed by atoms with E-state index in [0.717, 1.165) is 4.34 Å². The first-order chi connectivity index (χ1) is 24.4. The summed E-state index contributed by atoms with van der Waals surface area (Å²) in [6.07, 6.45) is -3.41. The molecule has 13 atom stereocenters. The fourth-order valence-corrected chi connectivity index (χ4v) is 9.81. The summed E-state index contributed by atoms with van der Waals surface area (Å²) in [5.74, 6) is -4.24. The van der Waals surface area contributed by atoms with E-state index in [0.29, 0.717) is 25.1 Å². The third kappa shape index (κ3) is 8.84. The molecule has 0 spiro atoms. The Kier molecular flexibility index (Phi) is 14.3. The largest absolute Gasteiger partial charge is 0.458 e. The third-order valence-corrected chi connectivity index (χ3v) is 13.2. The van der Waals surface area contributed by atoms with Crippen LogP contribution >= 0.6 is 23.1 Å². The van der Waals surface area contributed by atoms with Crippen molar-refractivity contribution in [3.05, 3.63) is 5.51 Å². The van der Waals surface area contributed by atoms with Crippen molar-refractivity contribution in [3.8, 4) is 0 Å². The number of nitrogens with zero attached hydrogens (tertiary/aromatic N) is 4. The molecule has 3 saturated heterocycles. The third-order valence-electron chi connectivity index (χ3n) is 11.3. The fourth-order valence-electron chi connectivity index (χ4n) is 8.33. The summed E-state index contributed by atoms with van der Waals surface area (Å²) in [5, 5.41) is 19.3. The molecule has 0 saturated carbocycles. The number of cyclic esters (lactones) is 1. The summed E-state index contributed by atoms with van der Waals surface area (Å²) in [4.78, 5) is 59.8. The van der Waals surface area contributed by atoms with E-state index in [1.807, 2.05) is 32.8 Å². The maximum absolute atomic E-state index is 14.6. The van der Waals surface area contributed by atoms with Crippen LogP contribution in [0.2, 0.25) is 0 Å². The number of Topliss-reactive ketones (excluding diaryl/α,β-unsaturated/α-hetero) is 2. The number of aliphatic hydroxyl groups excluding tert-OH is 1. The summed E-state index contributed by atoms with van der Waals surface area (Å²) >= 11 is 2.97. The van der Waals surface area contributed by atoms with Crippen LogP contribution in [0.4, 0.5) is 4.79 Å². The Morgan fingerprint density at radius 1 is 1.10 bits per heavy atom. The second kappa shape index (κ2) is 17.5. The van der Waals surface area contributed by atoms with E-state index in [2.05, 4.69) is 10.2 Å². The van der Waals surface area contributed by atoms with Gasteiger partial charge >= 0.3 is 12.1 Å². The van der Waals surface area contributed by atoms with E-state index >= 15 is 0 Å². The zero-order valence-corrected chi connectivity index (χ0v) is 34.0. The SMILES string of the molecule is CC[C@H]1OC(=O)[C@H](C)C(=O)[C@H](C)[C@@H](O[C@@H]2O[C@H](C)C[C@H](N(C)C)[C@H]2O)[C@](C)(OC)C[C@@H](C)C(=O)[C@H](C)[C@H]2N(CCCSc3nncs3)C(=O)O[C@]12C. The molecule has 0 aliphatic carbocycles. The molecular weight excluding hydrogens is 713 g/mol. The number of hydrogen-bond donors (Lipinski definition) is 1. The first kappa shape index (κ1) is 42.5. The monoisotopic (exact) mass is 770 g/mol. The number of rotatable bonds is 10. The van der Waals surface area contributed by atoms with Crippen molar-refractivity contribution in [2.75, 3.05) is 33.5 Å². The number of likely N-dealkylation sites (N-methyl/N-ethyl adjacent to an activating group) is 1. The Morgan fingerprint density at radius 2 is 1.79 bits per heavy atom. The molecule has 14 nitrogen and oxygen atoms in total. The molecule has 1 N–H and O–H groups in total. The minimum atomic E-state index is -1.38. The van der Waals surface area contributed by atoms with Gasteiger partial charge in [-0.25, -0.2) is 4.79 Å². The van der Waals surface area contributed by atoms with Gasteiger partial charge in [-0.2, -0.15) is 0 Å². The lowest BCUT2D eigenvalue weighted by atomic mass is 9.73. The molecule has 1 aromatic rings. The maximum Gasteiger partial charge on any atom is 0.410 e. The Morgan fingerprint density at radius 3 is 2.38 bits per heavy atom. The molecule has 52 heavy (non-hydrogen) atoms. The molecule has 0 radical (unpaired) electrons. The molecular formula is C36H58N4O10S2. The number of aliphatic hydroxyl groups is 1. The van der Waals surface area contributed by atoms with E-state index in [9.17, 15) is 24.3 Å². The predicted octanol–water partition coefficient (Wildman–Crippen LogP) is 4.22. The van der Waals surface area contributed by atoms with Crippen LogP contribution in [0.3, 0.4) is 0 Å². The number of methoxy groups -OCH3 is 1. The highest BCUT2D eigenvalue weighted by Gasteiger charge is 2.60. The van der Waals surface area contributed by atoms with Gasteiger partial charge in [0.15, 0.2) is 22.0 Å². The number of esters is 1. The van der Waals surface area contributed by atoms with Crippen LogP contribution in [0.25, 0.3) is 0 Å². The molecule has 0 unspecified atom stereocenters. The molecule has 294 valence electrons. The van der Waals surface area contributed by atoms with Crippen LogP contribution in [0, 0.1) is 23.7 Å². The number of hydrogen-bond acceptors (Lipinski definition) is 15. The van der Waals surface area contributed by atoms with Crippen molar-refractivity contribution in [2.45, 2.75) is 139 Å². The minimum absolute atomic E-state index is 0.136. The molecule has 1 aromatic heterocycles. The van der Waals surface area contributed by atoms with Gasteiger partial charge in [-0.15, -0.1) is 10.2 Å². The van der Waals surface area contributed by atoms with E-state index in [4.69, 9.17) is 23.7 Å². The van der Waals surface area contributed by atoms with Crippen LogP contribution in [0.1, 0.15) is 81.1 Å². The predicted molar refractivity (Wildman–Crippen MR) is 195 cm³/mol. The number of ether oxygens (including phenoxy) is 5. The highest BCUT2D eigenvalue weighted by atomic mass is 32.2. The normalized spacial score (nSPS) is 39.6. The topological polar surface area (TPSA) is 167 Å². The smallest absolute Gasteiger partial charge is 0.410 e. The standard InChI is InChI=1S/C36H58N4O10S2/c1-12-25-36(8)29(40(34(45)50-36)14-13-15-51-33-38-37-18-52-33)21(4)26(41)19(2)17-35(7,46-11)30(22(5)27(42)23(6)31(44)48-25)49-32-28(43)24(39(9)10)16-20(3)47-32/h18-25,28-30,32,43H,12-17H2,1-11H3/t19-,20-,21+,22+,23-,24+,25-,28-,29-,30-,32+,35-,36-/m1/s1. The van der Waals surface area contributed by atoms with E-state index in [1.54, 1.807) is 45.0 Å². The molecule has 0 bridgehead atoms. The van der Waals surface area contributed by atoms with Gasteiger partial charge < -0.3 is 38.6 Å². The molecule has 16 heteroatoms. The highest BCUT2D eigenvalue weighted by Crippen LogP contribution is 2.43. The lowest BCUT2D eigenvalue weighted by Crippen LogP contribution is -2.60. The molecule has 3 aliphatic rings. The van der Waals surface area contributed by atoms with Crippen molar-refractivity contribution in [2.24, 2.45) is 23.7 Å². The molecule has 3 fully saturated rings. The Bertz CT molecular complexity index is 1400. The number of carbonyl (C=O) groups excluding carboxylic acids is 4. The van der Waals surface area contributed by atoms with Gasteiger partial charge in [0.25, 0.3) is 0 Å². The van der Waals surface area contributed by atoms with Gasteiger partial charge in [0, 0.05) is 43.2 Å². The van der Waals surface area contributed by atoms with Gasteiger partial charge in [0.1, 0.15) is 29.4 Å². The van der Waals surface area contributed by atoms with E-state index in [1.165, 1.54) is 37.1 Å². The number of thioether (sulfide) groups is 1. The summed E-state index contributed by atoms with van der Waals surface area (Å²) < 4.78 is 31.8. The van der Waals surface area contributed by atoms with Crippen LogP contribution < -0.4 is 0 Å². The van der Waals surface area contributed by atoms with Gasteiger partial charge in [0.05, 0.1) is 23.9 Å². The highest BCUT2D eigenvalue weighted by molar-refractivity contribution is 8.00. The van der Waals surface area contributed by atoms with E-state index in [-0.39, 0.29) is 30.8 Å².